The molecule has 3 heterocycles. The first-order valence-corrected chi connectivity index (χ1v) is 8.10. The molecule has 0 unspecified atom stereocenters. The predicted molar refractivity (Wildman–Crippen MR) is 81.9 cm³/mol. The zero-order chi connectivity index (χ0) is 15.2. The zero-order valence-corrected chi connectivity index (χ0v) is 13.0. The van der Waals surface area contributed by atoms with Gasteiger partial charge in [-0.2, -0.15) is 10.1 Å². The zero-order valence-electron chi connectivity index (χ0n) is 12.2. The first-order chi connectivity index (χ1) is 10.6. The summed E-state index contributed by atoms with van der Waals surface area (Å²) in [6, 6.07) is 0. The van der Waals surface area contributed by atoms with Gasteiger partial charge in [-0.15, -0.1) is 11.3 Å². The monoisotopic (exact) mass is 316 g/mol. The van der Waals surface area contributed by atoms with Gasteiger partial charge in [0.05, 0.1) is 11.7 Å². The minimum absolute atomic E-state index is 0.429. The van der Waals surface area contributed by atoms with Crippen molar-refractivity contribution in [2.45, 2.75) is 31.2 Å². The molecule has 1 saturated carbocycles. The molecule has 0 aromatic carbocycles. The number of hydrogen-bond donors (Lipinski definition) is 1. The second-order valence-corrected chi connectivity index (χ2v) is 6.59. The molecule has 4 rings (SSSR count). The fourth-order valence-corrected chi connectivity index (χ4v) is 3.56. The topological polar surface area (TPSA) is 95.7 Å². The van der Waals surface area contributed by atoms with E-state index in [0.717, 1.165) is 36.3 Å². The Bertz CT molecular complexity index is 798. The quantitative estimate of drug-likeness (QED) is 0.796. The van der Waals surface area contributed by atoms with Gasteiger partial charge in [0.25, 0.3) is 5.89 Å². The highest BCUT2D eigenvalue weighted by atomic mass is 32.1. The van der Waals surface area contributed by atoms with Crippen LogP contribution >= 0.6 is 11.3 Å². The van der Waals surface area contributed by atoms with Crippen LogP contribution in [-0.4, -0.2) is 24.9 Å². The van der Waals surface area contributed by atoms with E-state index in [0.29, 0.717) is 17.4 Å². The highest BCUT2D eigenvalue weighted by molar-refractivity contribution is 7.13. The fourth-order valence-electron chi connectivity index (χ4n) is 2.80. The lowest BCUT2D eigenvalue weighted by molar-refractivity contribution is 0.372. The van der Waals surface area contributed by atoms with Crippen molar-refractivity contribution in [3.05, 3.63) is 23.6 Å². The van der Waals surface area contributed by atoms with Gasteiger partial charge in [-0.25, -0.2) is 4.98 Å². The van der Waals surface area contributed by atoms with Crippen molar-refractivity contribution in [3.63, 3.8) is 0 Å². The second-order valence-electron chi connectivity index (χ2n) is 5.73. The summed E-state index contributed by atoms with van der Waals surface area (Å²) in [6.07, 6.45) is 7.75. The van der Waals surface area contributed by atoms with Crippen LogP contribution in [-0.2, 0) is 12.6 Å². The van der Waals surface area contributed by atoms with Gasteiger partial charge in [-0.1, -0.05) is 18.0 Å². The number of aromatic nitrogens is 5. The number of nitrogens with two attached hydrogens (primary N) is 1. The molecule has 114 valence electrons. The normalized spacial score (nSPS) is 17.2. The minimum Gasteiger partial charge on any atom is -0.332 e. The van der Waals surface area contributed by atoms with Gasteiger partial charge in [-0.3, -0.25) is 4.68 Å². The lowest BCUT2D eigenvalue weighted by Crippen LogP contribution is -2.34. The van der Waals surface area contributed by atoms with Crippen LogP contribution in [0.2, 0.25) is 0 Å². The Balaban J connectivity index is 1.63. The van der Waals surface area contributed by atoms with Gasteiger partial charge in [0.15, 0.2) is 5.82 Å². The third-order valence-electron chi connectivity index (χ3n) is 4.04. The Labute approximate surface area is 131 Å². The summed E-state index contributed by atoms with van der Waals surface area (Å²) >= 11 is 1.53. The summed E-state index contributed by atoms with van der Waals surface area (Å²) in [4.78, 5) is 9.02. The second kappa shape index (κ2) is 4.99. The molecule has 0 spiro atoms. The number of aryl methyl sites for hydroxylation is 1. The SMILES string of the molecule is Cn1cc(-c2nc(-c3nc(C4(N)CCCC4)no3)cs2)cn1. The molecule has 2 N–H and O–H groups in total. The van der Waals surface area contributed by atoms with Crippen LogP contribution < -0.4 is 5.73 Å². The molecule has 0 amide bonds. The molecule has 0 saturated heterocycles. The lowest BCUT2D eigenvalue weighted by atomic mass is 9.99. The average Bonchev–Trinajstić information content (AvgIpc) is 3.25. The number of nitrogens with zero attached hydrogens (tertiary/aromatic N) is 5. The van der Waals surface area contributed by atoms with Crippen LogP contribution in [0.4, 0.5) is 0 Å². The van der Waals surface area contributed by atoms with Crippen molar-refractivity contribution < 1.29 is 4.52 Å². The maximum atomic E-state index is 6.36. The van der Waals surface area contributed by atoms with Gasteiger partial charge in [0, 0.05) is 24.2 Å². The van der Waals surface area contributed by atoms with Gasteiger partial charge >= 0.3 is 0 Å². The van der Waals surface area contributed by atoms with Crippen LogP contribution in [0.1, 0.15) is 31.5 Å². The highest BCUT2D eigenvalue weighted by Gasteiger charge is 2.36. The van der Waals surface area contributed by atoms with E-state index in [4.69, 9.17) is 10.3 Å². The van der Waals surface area contributed by atoms with Gasteiger partial charge in [-0.05, 0) is 12.8 Å². The Morgan fingerprint density at radius 3 is 2.86 bits per heavy atom. The Kier molecular flexibility index (Phi) is 3.08. The number of rotatable bonds is 3. The Morgan fingerprint density at radius 2 is 2.14 bits per heavy atom. The third kappa shape index (κ3) is 2.24. The molecule has 0 aliphatic heterocycles. The summed E-state index contributed by atoms with van der Waals surface area (Å²) < 4.78 is 7.11. The number of hydrogen-bond acceptors (Lipinski definition) is 7. The maximum absolute atomic E-state index is 6.36. The average molecular weight is 316 g/mol. The molecule has 0 atom stereocenters. The van der Waals surface area contributed by atoms with E-state index in [1.54, 1.807) is 10.9 Å². The molecule has 8 heteroatoms. The predicted octanol–water partition coefficient (Wildman–Crippen LogP) is 2.32. The van der Waals surface area contributed by atoms with Crippen molar-refractivity contribution in [3.8, 4) is 22.2 Å². The summed E-state index contributed by atoms with van der Waals surface area (Å²) in [5.74, 6) is 1.02. The van der Waals surface area contributed by atoms with E-state index in [9.17, 15) is 0 Å². The van der Waals surface area contributed by atoms with Gasteiger partial charge in [0.1, 0.15) is 10.7 Å². The molecule has 0 radical (unpaired) electrons. The first-order valence-electron chi connectivity index (χ1n) is 7.22. The van der Waals surface area contributed by atoms with E-state index >= 15 is 0 Å². The molecule has 3 aromatic heterocycles. The summed E-state index contributed by atoms with van der Waals surface area (Å²) in [5, 5.41) is 11.0. The molecule has 1 aliphatic carbocycles. The molecule has 22 heavy (non-hydrogen) atoms. The molecule has 3 aromatic rings. The molecule has 1 aliphatic rings. The lowest BCUT2D eigenvalue weighted by Gasteiger charge is -2.17. The van der Waals surface area contributed by atoms with Crippen LogP contribution in [0.15, 0.2) is 22.3 Å². The standard InChI is InChI=1S/C14H16N6OS/c1-20-7-9(6-16-20)12-17-10(8-22-12)11-18-13(19-21-11)14(15)4-2-3-5-14/h6-8H,2-5,15H2,1H3. The molecule has 1 fully saturated rings. The van der Waals surface area contributed by atoms with Crippen LogP contribution in [0, 0.1) is 0 Å². The Hall–Kier alpha value is -2.06. The Morgan fingerprint density at radius 1 is 1.32 bits per heavy atom. The van der Waals surface area contributed by atoms with E-state index in [1.165, 1.54) is 11.3 Å². The van der Waals surface area contributed by atoms with Crippen molar-refractivity contribution in [1.29, 1.82) is 0 Å². The largest absolute Gasteiger partial charge is 0.332 e. The van der Waals surface area contributed by atoms with Gasteiger partial charge < -0.3 is 10.3 Å². The molecular formula is C14H16N6OS. The minimum atomic E-state index is -0.441. The summed E-state index contributed by atoms with van der Waals surface area (Å²) in [5.41, 5.74) is 7.58. The van der Waals surface area contributed by atoms with E-state index in [-0.39, 0.29) is 0 Å². The van der Waals surface area contributed by atoms with Crippen LogP contribution in [0.5, 0.6) is 0 Å². The summed E-state index contributed by atoms with van der Waals surface area (Å²) in [6.45, 7) is 0. The van der Waals surface area contributed by atoms with E-state index in [1.807, 2.05) is 18.6 Å². The fraction of sp³-hybridized carbons (Fsp3) is 0.429. The molecule has 7 nitrogen and oxygen atoms in total. The van der Waals surface area contributed by atoms with Crippen molar-refractivity contribution in [2.75, 3.05) is 0 Å². The van der Waals surface area contributed by atoms with Crippen molar-refractivity contribution in [2.24, 2.45) is 12.8 Å². The van der Waals surface area contributed by atoms with Gasteiger partial charge in [0.2, 0.25) is 0 Å². The van der Waals surface area contributed by atoms with E-state index in [2.05, 4.69) is 20.2 Å². The van der Waals surface area contributed by atoms with Crippen molar-refractivity contribution in [1.82, 2.24) is 24.9 Å². The third-order valence-corrected chi connectivity index (χ3v) is 4.93. The maximum Gasteiger partial charge on any atom is 0.277 e. The molecular weight excluding hydrogens is 300 g/mol. The van der Waals surface area contributed by atoms with E-state index < -0.39 is 5.54 Å². The first kappa shape index (κ1) is 13.6. The highest BCUT2D eigenvalue weighted by Crippen LogP contribution is 2.36. The van der Waals surface area contributed by atoms with Crippen LogP contribution in [0.3, 0.4) is 0 Å². The summed E-state index contributed by atoms with van der Waals surface area (Å²) in [7, 11) is 1.88. The van der Waals surface area contributed by atoms with Crippen LogP contribution in [0.25, 0.3) is 22.2 Å². The van der Waals surface area contributed by atoms with Crippen molar-refractivity contribution >= 4 is 11.3 Å². The number of thiazole rings is 1. The smallest absolute Gasteiger partial charge is 0.277 e. The molecule has 0 bridgehead atoms.